The van der Waals surface area contributed by atoms with Gasteiger partial charge in [-0.3, -0.25) is 0 Å². The van der Waals surface area contributed by atoms with Gasteiger partial charge in [0, 0.05) is 30.2 Å². The van der Waals surface area contributed by atoms with Gasteiger partial charge in [0.15, 0.2) is 0 Å². The summed E-state index contributed by atoms with van der Waals surface area (Å²) in [4.78, 5) is 3.79. The van der Waals surface area contributed by atoms with Crippen LogP contribution in [0.3, 0.4) is 0 Å². The number of aromatic amines is 1. The molecule has 1 aromatic heterocycles. The summed E-state index contributed by atoms with van der Waals surface area (Å²) in [6.45, 7) is 6.18. The molecule has 3 fully saturated rings. The molecule has 4 aliphatic rings. The highest BCUT2D eigenvalue weighted by Gasteiger charge is 2.53. The molecule has 1 N–H and O–H groups in total. The zero-order valence-corrected chi connectivity index (χ0v) is 14.1. The first-order valence-electron chi connectivity index (χ1n) is 8.93. The van der Waals surface area contributed by atoms with E-state index in [1.165, 1.54) is 60.0 Å². The van der Waals surface area contributed by atoms with Crippen LogP contribution in [0.1, 0.15) is 37.1 Å². The summed E-state index contributed by atoms with van der Waals surface area (Å²) in [5.41, 5.74) is 6.08. The number of H-pyrrole nitrogens is 1. The minimum Gasteiger partial charge on any atom is -0.497 e. The number of nitrogens with one attached hydrogen (secondary N) is 1. The molecular formula is C20H25N2O+. The van der Waals surface area contributed by atoms with E-state index in [1.807, 2.05) is 0 Å². The van der Waals surface area contributed by atoms with E-state index >= 15 is 0 Å². The molecule has 2 bridgehead atoms. The van der Waals surface area contributed by atoms with Crippen LogP contribution in [0.25, 0.3) is 10.9 Å². The fourth-order valence-electron chi connectivity index (χ4n) is 5.53. The molecule has 6 rings (SSSR count). The fourth-order valence-corrected chi connectivity index (χ4v) is 5.53. The summed E-state index contributed by atoms with van der Waals surface area (Å²) in [6, 6.07) is 7.15. The highest BCUT2D eigenvalue weighted by molar-refractivity contribution is 5.86. The van der Waals surface area contributed by atoms with Crippen LogP contribution in [-0.2, 0) is 6.42 Å². The number of allylic oxidation sites excluding steroid dienone is 1. The zero-order valence-electron chi connectivity index (χ0n) is 14.1. The number of piperidine rings is 3. The number of benzene rings is 1. The molecular weight excluding hydrogens is 284 g/mol. The maximum Gasteiger partial charge on any atom is 0.131 e. The Morgan fingerprint density at radius 3 is 3.04 bits per heavy atom. The van der Waals surface area contributed by atoms with E-state index in [4.69, 9.17) is 4.74 Å². The molecule has 1 spiro atoms. The highest BCUT2D eigenvalue weighted by atomic mass is 16.5. The van der Waals surface area contributed by atoms with Gasteiger partial charge in [0.1, 0.15) is 18.3 Å². The van der Waals surface area contributed by atoms with Gasteiger partial charge in [0.05, 0.1) is 25.9 Å². The van der Waals surface area contributed by atoms with Gasteiger partial charge in [-0.1, -0.05) is 6.08 Å². The van der Waals surface area contributed by atoms with E-state index in [2.05, 4.69) is 36.2 Å². The van der Waals surface area contributed by atoms with Gasteiger partial charge in [0.2, 0.25) is 0 Å². The third-order valence-electron chi connectivity index (χ3n) is 6.77. The summed E-state index contributed by atoms with van der Waals surface area (Å²) in [7, 11) is 1.75. The van der Waals surface area contributed by atoms with Crippen molar-refractivity contribution < 1.29 is 9.22 Å². The minimum absolute atomic E-state index is 0.680. The third-order valence-corrected chi connectivity index (χ3v) is 6.77. The van der Waals surface area contributed by atoms with E-state index < -0.39 is 0 Å². The number of ether oxygens (including phenoxy) is 1. The number of aromatic nitrogens is 1. The van der Waals surface area contributed by atoms with Crippen molar-refractivity contribution in [2.45, 2.75) is 32.2 Å². The number of fused-ring (bicyclic) bond motifs is 5. The Balaban J connectivity index is 1.65. The average Bonchev–Trinajstić information content (AvgIpc) is 2.99. The van der Waals surface area contributed by atoms with Gasteiger partial charge in [-0.15, -0.1) is 0 Å². The van der Waals surface area contributed by atoms with Crippen molar-refractivity contribution in [3.63, 3.8) is 0 Å². The van der Waals surface area contributed by atoms with E-state index in [-0.39, 0.29) is 0 Å². The number of hydrogen-bond donors (Lipinski definition) is 1. The third kappa shape index (κ3) is 1.74. The first kappa shape index (κ1) is 13.7. The smallest absolute Gasteiger partial charge is 0.131 e. The summed E-state index contributed by atoms with van der Waals surface area (Å²) in [5, 5.41) is 1.38. The predicted molar refractivity (Wildman–Crippen MR) is 92.6 cm³/mol. The summed E-state index contributed by atoms with van der Waals surface area (Å²) in [6.07, 6.45) is 6.31. The second kappa shape index (κ2) is 4.64. The number of methoxy groups -OCH3 is 1. The van der Waals surface area contributed by atoms with Crippen molar-refractivity contribution in [2.24, 2.45) is 5.92 Å². The van der Waals surface area contributed by atoms with E-state index in [0.717, 1.165) is 11.7 Å². The second-order valence-electron chi connectivity index (χ2n) is 7.60. The first-order valence-corrected chi connectivity index (χ1v) is 8.93. The molecule has 3 saturated heterocycles. The molecule has 0 aliphatic carbocycles. The molecule has 1 aromatic carbocycles. The van der Waals surface area contributed by atoms with Gasteiger partial charge in [0.25, 0.3) is 0 Å². The Morgan fingerprint density at radius 2 is 2.22 bits per heavy atom. The summed E-state index contributed by atoms with van der Waals surface area (Å²) in [5.74, 6) is 1.78. The molecule has 120 valence electrons. The Kier molecular flexibility index (Phi) is 2.76. The fraction of sp³-hybridized carbons (Fsp3) is 0.500. The van der Waals surface area contributed by atoms with Crippen molar-refractivity contribution in [2.75, 3.05) is 26.7 Å². The van der Waals surface area contributed by atoms with Crippen molar-refractivity contribution in [3.8, 4) is 5.75 Å². The lowest BCUT2D eigenvalue weighted by molar-refractivity contribution is -0.967. The Labute approximate surface area is 137 Å². The molecule has 0 unspecified atom stereocenters. The first-order chi connectivity index (χ1) is 11.2. The lowest BCUT2D eigenvalue weighted by Crippen LogP contribution is -2.63. The molecule has 0 saturated carbocycles. The zero-order chi connectivity index (χ0) is 15.6. The largest absolute Gasteiger partial charge is 0.497 e. The predicted octanol–water partition coefficient (Wildman–Crippen LogP) is 3.96. The van der Waals surface area contributed by atoms with E-state index in [9.17, 15) is 0 Å². The van der Waals surface area contributed by atoms with Crippen LogP contribution in [0.4, 0.5) is 0 Å². The van der Waals surface area contributed by atoms with Crippen LogP contribution in [0, 0.1) is 5.92 Å². The molecule has 2 aromatic rings. The van der Waals surface area contributed by atoms with Crippen LogP contribution >= 0.6 is 0 Å². The number of quaternary nitrogens is 1. The standard InChI is InChI=1S/C20H25N2O/c1-3-13-12-22-8-6-14(13)10-19(22)20-16(7-9-22)17-11-15(23-2)4-5-18(17)21-20/h3-5,11,14,19,21H,6-10,12H2,1-2H3/q+1/b13-3-/t14-,19-,22+/m0/s1. The highest BCUT2D eigenvalue weighted by Crippen LogP contribution is 2.52. The minimum atomic E-state index is 0.680. The monoisotopic (exact) mass is 309 g/mol. The lowest BCUT2D eigenvalue weighted by atomic mass is 9.73. The Bertz CT molecular complexity index is 818. The van der Waals surface area contributed by atoms with Crippen molar-refractivity contribution in [3.05, 3.63) is 41.1 Å². The topological polar surface area (TPSA) is 25.0 Å². The average molecular weight is 309 g/mol. The number of hydrogen-bond acceptors (Lipinski definition) is 1. The van der Waals surface area contributed by atoms with Gasteiger partial charge < -0.3 is 14.2 Å². The number of rotatable bonds is 1. The van der Waals surface area contributed by atoms with Gasteiger partial charge in [-0.25, -0.2) is 0 Å². The Hall–Kier alpha value is -1.74. The quantitative estimate of drug-likeness (QED) is 0.626. The van der Waals surface area contributed by atoms with Crippen molar-refractivity contribution >= 4 is 10.9 Å². The van der Waals surface area contributed by atoms with Gasteiger partial charge >= 0.3 is 0 Å². The van der Waals surface area contributed by atoms with Crippen LogP contribution in [0.5, 0.6) is 5.75 Å². The molecule has 0 radical (unpaired) electrons. The van der Waals surface area contributed by atoms with Gasteiger partial charge in [-0.2, -0.15) is 0 Å². The summed E-state index contributed by atoms with van der Waals surface area (Å²) >= 11 is 0. The van der Waals surface area contributed by atoms with Gasteiger partial charge in [-0.05, 0) is 42.2 Å². The van der Waals surface area contributed by atoms with E-state index in [0.29, 0.717) is 6.04 Å². The molecule has 5 heterocycles. The SMILES string of the molecule is C/C=C1/C[N@@+]23CCc4c([nH]c5ccc(OC)cc45)[C@@H]2C[C@@H]1CC3. The molecule has 0 amide bonds. The van der Waals surface area contributed by atoms with Crippen LogP contribution in [0.15, 0.2) is 29.8 Å². The second-order valence-corrected chi connectivity index (χ2v) is 7.60. The molecule has 3 atom stereocenters. The molecule has 23 heavy (non-hydrogen) atoms. The lowest BCUT2D eigenvalue weighted by Gasteiger charge is -2.57. The van der Waals surface area contributed by atoms with Crippen LogP contribution in [0.2, 0.25) is 0 Å². The number of nitrogens with zero attached hydrogens (tertiary/aromatic N) is 1. The van der Waals surface area contributed by atoms with Crippen LogP contribution < -0.4 is 4.74 Å². The normalized spacial score (nSPS) is 33.7. The Morgan fingerprint density at radius 1 is 1.30 bits per heavy atom. The maximum atomic E-state index is 5.44. The molecule has 4 aliphatic heterocycles. The maximum absolute atomic E-state index is 5.44. The molecule has 3 nitrogen and oxygen atoms in total. The van der Waals surface area contributed by atoms with E-state index in [1.54, 1.807) is 18.2 Å². The van der Waals surface area contributed by atoms with Crippen LogP contribution in [-0.4, -0.2) is 36.2 Å². The molecule has 3 heteroatoms. The van der Waals surface area contributed by atoms with Crippen molar-refractivity contribution in [1.29, 1.82) is 0 Å². The van der Waals surface area contributed by atoms with Crippen molar-refractivity contribution in [1.82, 2.24) is 4.98 Å². The summed E-state index contributed by atoms with van der Waals surface area (Å²) < 4.78 is 6.74.